The Labute approximate surface area is 151 Å². The molecule has 0 saturated carbocycles. The second-order valence-electron chi connectivity index (χ2n) is 4.77. The molecule has 0 bridgehead atoms. The van der Waals surface area contributed by atoms with Gasteiger partial charge in [-0.3, -0.25) is 4.79 Å². The van der Waals surface area contributed by atoms with Gasteiger partial charge in [0.05, 0.1) is 11.3 Å². The van der Waals surface area contributed by atoms with Crippen LogP contribution in [0.1, 0.15) is 11.1 Å². The Kier molecular flexibility index (Phi) is 6.43. The van der Waals surface area contributed by atoms with Crippen LogP contribution >= 0.6 is 35.0 Å². The van der Waals surface area contributed by atoms with E-state index in [0.717, 1.165) is 12.1 Å². The van der Waals surface area contributed by atoms with E-state index in [2.05, 4.69) is 5.32 Å². The molecule has 0 aliphatic carbocycles. The van der Waals surface area contributed by atoms with Crippen molar-refractivity contribution in [1.82, 2.24) is 0 Å². The zero-order chi connectivity index (χ0) is 17.7. The number of hydrogen-bond donors (Lipinski definition) is 1. The zero-order valence-corrected chi connectivity index (χ0v) is 14.4. The summed E-state index contributed by atoms with van der Waals surface area (Å²) < 4.78 is 38.2. The largest absolute Gasteiger partial charge is 0.416 e. The predicted molar refractivity (Wildman–Crippen MR) is 91.6 cm³/mol. The van der Waals surface area contributed by atoms with E-state index in [-0.39, 0.29) is 0 Å². The summed E-state index contributed by atoms with van der Waals surface area (Å²) in [5, 5.41) is 2.58. The lowest BCUT2D eigenvalue weighted by molar-refractivity contribution is -0.137. The van der Waals surface area contributed by atoms with Crippen LogP contribution in [-0.2, 0) is 16.7 Å². The number of hydrogen-bond acceptors (Lipinski definition) is 2. The van der Waals surface area contributed by atoms with Crippen molar-refractivity contribution >= 4 is 46.6 Å². The summed E-state index contributed by atoms with van der Waals surface area (Å²) in [7, 11) is 0. The van der Waals surface area contributed by atoms with Gasteiger partial charge in [-0.25, -0.2) is 0 Å². The van der Waals surface area contributed by atoms with Gasteiger partial charge in [-0.1, -0.05) is 53.5 Å². The molecule has 0 radical (unpaired) electrons. The number of thioether (sulfide) groups is 1. The predicted octanol–water partition coefficient (Wildman–Crippen LogP) is 5.74. The quantitative estimate of drug-likeness (QED) is 0.518. The first-order valence-electron chi connectivity index (χ1n) is 6.74. The summed E-state index contributed by atoms with van der Waals surface area (Å²) in [5.41, 5.74) is 0.351. The maximum Gasteiger partial charge on any atom is 0.416 e. The summed E-state index contributed by atoms with van der Waals surface area (Å²) in [4.78, 5) is 11.1. The van der Waals surface area contributed by atoms with Crippen LogP contribution < -0.4 is 5.32 Å². The van der Waals surface area contributed by atoms with Gasteiger partial charge in [0.15, 0.2) is 4.84 Å². The highest BCUT2D eigenvalue weighted by atomic mass is 35.5. The second-order valence-corrected chi connectivity index (χ2v) is 6.89. The molecule has 0 saturated heterocycles. The van der Waals surface area contributed by atoms with E-state index in [9.17, 15) is 18.0 Å². The summed E-state index contributed by atoms with van der Waals surface area (Å²) in [6, 6.07) is 12.1. The van der Waals surface area contributed by atoms with E-state index in [0.29, 0.717) is 21.9 Å². The molecular formula is C16H12Cl2F3NOS. The number of halogens is 5. The molecule has 24 heavy (non-hydrogen) atoms. The van der Waals surface area contributed by atoms with Crippen LogP contribution in [0.25, 0.3) is 0 Å². The third-order valence-electron chi connectivity index (χ3n) is 2.99. The molecule has 0 aromatic heterocycles. The lowest BCUT2D eigenvalue weighted by atomic mass is 10.1. The fourth-order valence-corrected chi connectivity index (χ4v) is 2.94. The van der Waals surface area contributed by atoms with Crippen LogP contribution in [0, 0.1) is 0 Å². The molecule has 1 amide bonds. The first-order valence-corrected chi connectivity index (χ1v) is 8.60. The fourth-order valence-electron chi connectivity index (χ4n) is 1.88. The molecule has 0 fully saturated rings. The van der Waals surface area contributed by atoms with Crippen molar-refractivity contribution in [3.63, 3.8) is 0 Å². The first-order chi connectivity index (χ1) is 11.3. The van der Waals surface area contributed by atoms with Crippen LogP contribution in [0.4, 0.5) is 18.9 Å². The average Bonchev–Trinajstić information content (AvgIpc) is 2.53. The van der Waals surface area contributed by atoms with Gasteiger partial charge < -0.3 is 5.32 Å². The number of carbonyl (C=O) groups excluding carboxylic acids is 1. The second kappa shape index (κ2) is 8.14. The first kappa shape index (κ1) is 19.0. The van der Waals surface area contributed by atoms with Gasteiger partial charge in [-0.2, -0.15) is 13.2 Å². The van der Waals surface area contributed by atoms with Gasteiger partial charge >= 0.3 is 6.18 Å². The van der Waals surface area contributed by atoms with Crippen molar-refractivity contribution in [2.45, 2.75) is 21.7 Å². The normalized spacial score (nSPS) is 11.6. The summed E-state index contributed by atoms with van der Waals surface area (Å²) in [5.74, 6) is -0.243. The van der Waals surface area contributed by atoms with E-state index in [1.807, 2.05) is 0 Å². The van der Waals surface area contributed by atoms with Crippen molar-refractivity contribution < 1.29 is 18.0 Å². The highest BCUT2D eigenvalue weighted by Gasteiger charge is 2.30. The molecule has 0 atom stereocenters. The lowest BCUT2D eigenvalue weighted by Crippen LogP contribution is -2.18. The summed E-state index contributed by atoms with van der Waals surface area (Å²) >= 11 is 12.3. The monoisotopic (exact) mass is 393 g/mol. The molecular weight excluding hydrogens is 382 g/mol. The maximum atomic E-state index is 12.7. The number of alkyl halides is 5. The van der Waals surface area contributed by atoms with Crippen molar-refractivity contribution in [3.8, 4) is 0 Å². The number of nitrogens with one attached hydrogen (secondary N) is 1. The molecule has 0 aliphatic rings. The van der Waals surface area contributed by atoms with E-state index >= 15 is 0 Å². The highest BCUT2D eigenvalue weighted by molar-refractivity contribution is 7.98. The molecule has 2 nitrogen and oxygen atoms in total. The smallest absolute Gasteiger partial charge is 0.323 e. The molecule has 2 rings (SSSR count). The van der Waals surface area contributed by atoms with Crippen molar-refractivity contribution in [2.24, 2.45) is 0 Å². The van der Waals surface area contributed by atoms with E-state index in [4.69, 9.17) is 23.2 Å². The van der Waals surface area contributed by atoms with Crippen molar-refractivity contribution in [3.05, 3.63) is 59.7 Å². The lowest BCUT2D eigenvalue weighted by Gasteiger charge is -2.12. The number of rotatable bonds is 5. The molecule has 1 N–H and O–H groups in total. The Morgan fingerprint density at radius 2 is 1.83 bits per heavy atom. The topological polar surface area (TPSA) is 29.1 Å². The van der Waals surface area contributed by atoms with Gasteiger partial charge in [-0.15, -0.1) is 11.8 Å². The number of para-hydroxylation sites is 1. The van der Waals surface area contributed by atoms with E-state index in [1.54, 1.807) is 30.3 Å². The number of carbonyl (C=O) groups is 1. The van der Waals surface area contributed by atoms with E-state index in [1.165, 1.54) is 17.8 Å². The average molecular weight is 394 g/mol. The van der Waals surface area contributed by atoms with Gasteiger partial charge in [0.1, 0.15) is 0 Å². The Morgan fingerprint density at radius 1 is 1.12 bits per heavy atom. The molecule has 2 aromatic rings. The van der Waals surface area contributed by atoms with Crippen LogP contribution in [0.2, 0.25) is 0 Å². The maximum absolute atomic E-state index is 12.7. The molecule has 0 heterocycles. The number of amides is 1. The Morgan fingerprint density at radius 3 is 2.50 bits per heavy atom. The Bertz CT molecular complexity index is 722. The van der Waals surface area contributed by atoms with Gasteiger partial charge in [0.25, 0.3) is 5.91 Å². The van der Waals surface area contributed by atoms with Crippen LogP contribution in [0.5, 0.6) is 0 Å². The fraction of sp³-hybridized carbons (Fsp3) is 0.188. The van der Waals surface area contributed by atoms with Gasteiger partial charge in [0.2, 0.25) is 0 Å². The molecule has 0 unspecified atom stereocenters. The molecule has 0 aliphatic heterocycles. The molecule has 2 aromatic carbocycles. The standard InChI is InChI=1S/C16H12Cl2F3NOS/c17-14(18)15(23)22-12-6-1-2-7-13(12)24-9-10-4-3-5-11(8-10)16(19,20)21/h1-8,14H,9H2,(H,22,23). The van der Waals surface area contributed by atoms with Crippen LogP contribution in [-0.4, -0.2) is 10.7 Å². The number of anilines is 1. The zero-order valence-electron chi connectivity index (χ0n) is 12.1. The third kappa shape index (κ3) is 5.33. The third-order valence-corrected chi connectivity index (χ3v) is 4.53. The van der Waals surface area contributed by atoms with Crippen LogP contribution in [0.3, 0.4) is 0 Å². The van der Waals surface area contributed by atoms with Crippen molar-refractivity contribution in [1.29, 1.82) is 0 Å². The SMILES string of the molecule is O=C(Nc1ccccc1SCc1cccc(C(F)(F)F)c1)C(Cl)Cl. The highest BCUT2D eigenvalue weighted by Crippen LogP contribution is 2.33. The Balaban J connectivity index is 2.11. The van der Waals surface area contributed by atoms with E-state index < -0.39 is 22.5 Å². The van der Waals surface area contributed by atoms with Gasteiger partial charge in [0, 0.05) is 10.6 Å². The minimum atomic E-state index is -4.37. The molecule has 0 spiro atoms. The van der Waals surface area contributed by atoms with Gasteiger partial charge in [-0.05, 0) is 23.8 Å². The van der Waals surface area contributed by atoms with Crippen LogP contribution in [0.15, 0.2) is 53.4 Å². The molecule has 8 heteroatoms. The summed E-state index contributed by atoms with van der Waals surface area (Å²) in [6.45, 7) is 0. The number of benzene rings is 2. The summed E-state index contributed by atoms with van der Waals surface area (Å²) in [6.07, 6.45) is -4.37. The Hall–Kier alpha value is -1.37. The molecule has 128 valence electrons. The van der Waals surface area contributed by atoms with Crippen molar-refractivity contribution in [2.75, 3.05) is 5.32 Å². The minimum Gasteiger partial charge on any atom is -0.323 e. The minimum absolute atomic E-state index is 0.321.